The maximum Gasteiger partial charge on any atom is 0.245 e. The van der Waals surface area contributed by atoms with Crippen LogP contribution in [-0.4, -0.2) is 199 Å². The summed E-state index contributed by atoms with van der Waals surface area (Å²) in [5, 5.41) is 79.1. The fourth-order valence-electron chi connectivity index (χ4n) is 13.5. The fraction of sp³-hybridized carbons (Fsp3) is 0.584. The molecular weight excluding hydrogens is 1410 g/mol. The highest BCUT2D eigenvalue weighted by Crippen LogP contribution is 2.28. The van der Waals surface area contributed by atoms with Crippen LogP contribution in [0.25, 0.3) is 11.0 Å². The Morgan fingerprint density at radius 1 is 0.440 bits per heavy atom. The first kappa shape index (κ1) is 86.0. The third-order valence-electron chi connectivity index (χ3n) is 19.8. The number of amides is 13. The zero-order valence-corrected chi connectivity index (χ0v) is 63.2. The van der Waals surface area contributed by atoms with Gasteiger partial charge >= 0.3 is 0 Å². The molecule has 32 heteroatoms. The number of aromatic amines is 1. The van der Waals surface area contributed by atoms with E-state index in [-0.39, 0.29) is 94.7 Å². The van der Waals surface area contributed by atoms with Crippen molar-refractivity contribution in [2.24, 2.45) is 11.3 Å². The van der Waals surface area contributed by atoms with Gasteiger partial charge in [0.15, 0.2) is 0 Å². The molecule has 2 aromatic heterocycles. The number of nitrogens with one attached hydrogen (secondary N) is 14. The summed E-state index contributed by atoms with van der Waals surface area (Å²) in [5.41, 5.74) is 0.827. The van der Waals surface area contributed by atoms with E-state index in [0.717, 1.165) is 6.42 Å². The number of carbonyl (C=O) groups excluding carboxylic acids is 13. The molecule has 2 saturated heterocycles. The molecule has 3 aliphatic rings. The van der Waals surface area contributed by atoms with E-state index in [2.05, 4.69) is 79.1 Å². The molecule has 1 saturated carbocycles. The van der Waals surface area contributed by atoms with Gasteiger partial charge in [0.25, 0.3) is 0 Å². The topological polar surface area (TPSA) is 488 Å². The van der Waals surface area contributed by atoms with Gasteiger partial charge in [0.2, 0.25) is 76.8 Å². The molecule has 2 aliphatic heterocycles. The normalized spacial score (nSPS) is 25.7. The minimum absolute atomic E-state index is 0.00362. The predicted molar refractivity (Wildman–Crippen MR) is 401 cm³/mol. The van der Waals surface area contributed by atoms with Crippen molar-refractivity contribution < 1.29 is 82.8 Å². The first-order chi connectivity index (χ1) is 52.0. The van der Waals surface area contributed by atoms with Gasteiger partial charge in [-0.25, -0.2) is 4.98 Å². The summed E-state index contributed by atoms with van der Waals surface area (Å²) in [7, 11) is 0. The summed E-state index contributed by atoms with van der Waals surface area (Å²) in [6.07, 6.45) is 4.01. The van der Waals surface area contributed by atoms with Gasteiger partial charge in [0, 0.05) is 75.9 Å². The fourth-order valence-corrected chi connectivity index (χ4v) is 13.5. The molecule has 0 radical (unpaired) electrons. The van der Waals surface area contributed by atoms with Gasteiger partial charge < -0.3 is 94.5 Å². The van der Waals surface area contributed by atoms with Crippen LogP contribution in [0.4, 0.5) is 0 Å². The SMILES string of the molecule is CCC[C@@H]1NC(=O)[C@H](Cc2c[nH]c3ncccc23)NC(=O)[C@H]([C@@H](C)O)NC(=O)[C@@H]2CCCCNC(=O)CCC(NC1=O)C(=O)N[C@@H](Cc1ccc(O)cc1)C(=O)N[C@@H](C1CCCCC1)C(=O)N[C@@H]([C@@H](C)O)C(=O)NCCCCC(=O)NCCCCCC(=O)N[C@@H](C(C)(C)C)C(=O)N[C@@H](Cc1ccc(O)cc1)C(=O)N2. The van der Waals surface area contributed by atoms with Gasteiger partial charge in [0.05, 0.1) is 12.2 Å². The number of aliphatic hydroxyl groups excluding tert-OH is 2. The first-order valence-electron chi connectivity index (χ1n) is 38.1. The van der Waals surface area contributed by atoms with E-state index >= 15 is 14.4 Å². The summed E-state index contributed by atoms with van der Waals surface area (Å²) in [4.78, 5) is 196. The molecule has 3 fully saturated rings. The Hall–Kier alpha value is -10.2. The molecule has 2 aromatic carbocycles. The second-order valence-electron chi connectivity index (χ2n) is 29.8. The molecule has 7 rings (SSSR count). The van der Waals surface area contributed by atoms with Crippen molar-refractivity contribution in [3.8, 4) is 11.5 Å². The lowest BCUT2D eigenvalue weighted by atomic mass is 9.83. The summed E-state index contributed by atoms with van der Waals surface area (Å²) in [5.74, 6) is -11.0. The van der Waals surface area contributed by atoms with Crippen molar-refractivity contribution in [1.82, 2.24) is 79.1 Å². The number of pyridine rings is 1. The third-order valence-corrected chi connectivity index (χ3v) is 19.8. The molecule has 4 heterocycles. The maximum absolute atomic E-state index is 15.2. The number of aliphatic hydroxyl groups is 2. The average molecular weight is 1520 g/mol. The number of benzene rings is 2. The van der Waals surface area contributed by atoms with Crippen LogP contribution in [0.15, 0.2) is 73.1 Å². The van der Waals surface area contributed by atoms with Crippen LogP contribution in [0.3, 0.4) is 0 Å². The van der Waals surface area contributed by atoms with Crippen LogP contribution >= 0.6 is 0 Å². The summed E-state index contributed by atoms with van der Waals surface area (Å²) >= 11 is 0. The molecule has 109 heavy (non-hydrogen) atoms. The standard InChI is InChI=1S/C77H111N15O17/c1-7-19-53-67(100)85-55-34-35-60(98)79-37-16-13-23-54(69(102)90-63(45(3)94)74(107)87-58(71(104)83-53)42-49-43-82-66-52(49)22-18-39-80-66)84-70(103)56(40-46-26-30-50(95)31-27-46)88-76(109)65(77(4,5)6)89-61(99)25-12-9-15-36-78-59(97)24-14-17-38-81-73(106)62(44(2)93)91-75(108)64(48-20-10-8-11-21-48)92-72(105)57(86-68(55)101)41-47-28-32-51(96)33-29-47/h18,22,26-33,39,43-45,48,53-58,62-65,93-96H,7-17,19-21,23-25,34-38,40-42H2,1-6H3,(H,78,97)(H,79,98)(H,80,82)(H,81,106)(H,83,104)(H,84,103)(H,85,100)(H,86,101)(H,87,107)(H,88,109)(H,89,99)(H,90,102)(H,91,108)(H,92,105)/t44-,45-,53+,54+,55?,56+,57+,58+,62+,63+,64+,65-/m1/s1. The Labute approximate surface area is 634 Å². The van der Waals surface area contributed by atoms with Crippen LogP contribution in [0.1, 0.15) is 180 Å². The zero-order chi connectivity index (χ0) is 79.3. The monoisotopic (exact) mass is 1520 g/mol. The van der Waals surface area contributed by atoms with Crippen molar-refractivity contribution in [3.05, 3.63) is 89.7 Å². The second kappa shape index (κ2) is 42.5. The molecule has 4 aromatic rings. The predicted octanol–water partition coefficient (Wildman–Crippen LogP) is 1.10. The largest absolute Gasteiger partial charge is 0.508 e. The van der Waals surface area contributed by atoms with Crippen LogP contribution in [0.2, 0.25) is 0 Å². The molecule has 0 spiro atoms. The van der Waals surface area contributed by atoms with Gasteiger partial charge in [-0.05, 0) is 149 Å². The summed E-state index contributed by atoms with van der Waals surface area (Å²) in [6, 6.07) is -0.217. The van der Waals surface area contributed by atoms with E-state index in [1.54, 1.807) is 46.0 Å². The smallest absolute Gasteiger partial charge is 0.245 e. The highest BCUT2D eigenvalue weighted by Gasteiger charge is 2.41. The van der Waals surface area contributed by atoms with Crippen molar-refractivity contribution in [3.63, 3.8) is 0 Å². The number of rotatable bonds is 11. The molecular formula is C77H111N15O17. The van der Waals surface area contributed by atoms with Crippen molar-refractivity contribution >= 4 is 87.8 Å². The number of aromatic hydroxyl groups is 2. The van der Waals surface area contributed by atoms with Gasteiger partial charge in [0.1, 0.15) is 77.6 Å². The Kier molecular flexibility index (Phi) is 33.5. The molecule has 1 unspecified atom stereocenters. The van der Waals surface area contributed by atoms with Gasteiger partial charge in [-0.15, -0.1) is 0 Å². The molecule has 18 N–H and O–H groups in total. The number of H-pyrrole nitrogens is 1. The molecule has 1 aliphatic carbocycles. The molecule has 12 atom stereocenters. The highest BCUT2D eigenvalue weighted by molar-refractivity contribution is 6.00. The molecule has 32 nitrogen and oxygen atoms in total. The van der Waals surface area contributed by atoms with Gasteiger partial charge in [-0.1, -0.05) is 84.1 Å². The number of hydrogen-bond donors (Lipinski definition) is 18. The Morgan fingerprint density at radius 3 is 1.52 bits per heavy atom. The van der Waals surface area contributed by atoms with E-state index < -0.39 is 168 Å². The number of carbonyl (C=O) groups is 13. The highest BCUT2D eigenvalue weighted by atomic mass is 16.3. The first-order valence-corrected chi connectivity index (χ1v) is 38.1. The minimum Gasteiger partial charge on any atom is -0.508 e. The van der Waals surface area contributed by atoms with Gasteiger partial charge in [-0.2, -0.15) is 0 Å². The number of phenolic OH excluding ortho intramolecular Hbond substituents is 2. The summed E-state index contributed by atoms with van der Waals surface area (Å²) < 4.78 is 0. The van der Waals surface area contributed by atoms with Crippen LogP contribution in [-0.2, 0) is 81.6 Å². The number of hydrogen-bond acceptors (Lipinski definition) is 18. The number of nitrogens with zero attached hydrogens (tertiary/aromatic N) is 1. The Morgan fingerprint density at radius 2 is 0.908 bits per heavy atom. The zero-order valence-electron chi connectivity index (χ0n) is 63.2. The van der Waals surface area contributed by atoms with E-state index in [1.807, 2.05) is 0 Å². The molecule has 2 bridgehead atoms. The van der Waals surface area contributed by atoms with Crippen LogP contribution < -0.4 is 69.1 Å². The van der Waals surface area contributed by atoms with Gasteiger partial charge in [-0.3, -0.25) is 62.3 Å². The molecule has 596 valence electrons. The average Bonchev–Trinajstić information content (AvgIpc) is 1.65. The van der Waals surface area contributed by atoms with Crippen LogP contribution in [0.5, 0.6) is 11.5 Å². The van der Waals surface area contributed by atoms with E-state index in [0.29, 0.717) is 92.1 Å². The van der Waals surface area contributed by atoms with Crippen molar-refractivity contribution in [2.45, 2.75) is 255 Å². The lowest BCUT2D eigenvalue weighted by Crippen LogP contribution is -2.63. The quantitative estimate of drug-likeness (QED) is 0.0999. The molecule has 13 amide bonds. The lowest BCUT2D eigenvalue weighted by molar-refractivity contribution is -0.137. The number of phenols is 2. The lowest BCUT2D eigenvalue weighted by Gasteiger charge is -2.33. The Balaban J connectivity index is 1.28. The third kappa shape index (κ3) is 27.4. The maximum atomic E-state index is 15.2. The van der Waals surface area contributed by atoms with Crippen molar-refractivity contribution in [1.29, 1.82) is 0 Å². The number of fused-ring (bicyclic) bond motifs is 10. The van der Waals surface area contributed by atoms with Crippen molar-refractivity contribution in [2.75, 3.05) is 19.6 Å². The van der Waals surface area contributed by atoms with Crippen LogP contribution in [0, 0.1) is 11.3 Å². The van der Waals surface area contributed by atoms with E-state index in [1.165, 1.54) is 68.6 Å². The van der Waals surface area contributed by atoms with E-state index in [9.17, 15) is 68.4 Å². The Bertz CT molecular complexity index is 3760. The second-order valence-corrected chi connectivity index (χ2v) is 29.8. The minimum atomic E-state index is -1.83. The summed E-state index contributed by atoms with van der Waals surface area (Å²) in [6.45, 7) is 9.71. The number of aromatic nitrogens is 2. The van der Waals surface area contributed by atoms with E-state index in [4.69, 9.17) is 0 Å².